The quantitative estimate of drug-likeness (QED) is 0.768. The number of hydrogen-bond donors (Lipinski definition) is 1. The van der Waals surface area contributed by atoms with Gasteiger partial charge < -0.3 is 14.8 Å². The molecule has 0 aromatic heterocycles. The summed E-state index contributed by atoms with van der Waals surface area (Å²) < 4.78 is 10.9. The topological polar surface area (TPSA) is 88.4 Å². The summed E-state index contributed by atoms with van der Waals surface area (Å²) in [6.07, 6.45) is 0. The number of nitrogens with one attached hydrogen (secondary N) is 1. The maximum atomic E-state index is 11.7. The van der Waals surface area contributed by atoms with Crippen LogP contribution in [0.4, 0.5) is 5.69 Å². The zero-order chi connectivity index (χ0) is 17.4. The summed E-state index contributed by atoms with van der Waals surface area (Å²) in [5.74, 6) is -0.673. The van der Waals surface area contributed by atoms with Crippen LogP contribution in [0.1, 0.15) is 5.56 Å². The van der Waals surface area contributed by atoms with Gasteiger partial charge in [0.25, 0.3) is 5.91 Å². The lowest BCUT2D eigenvalue weighted by Crippen LogP contribution is -2.23. The van der Waals surface area contributed by atoms with Gasteiger partial charge >= 0.3 is 5.97 Å². The van der Waals surface area contributed by atoms with E-state index in [1.807, 2.05) is 12.1 Å². The molecule has 6 nitrogen and oxygen atoms in total. The number of carbonyl (C=O) groups is 2. The first-order valence-electron chi connectivity index (χ1n) is 6.91. The van der Waals surface area contributed by atoms with Crippen molar-refractivity contribution < 1.29 is 19.1 Å². The highest BCUT2D eigenvalue weighted by molar-refractivity contribution is 9.10. The monoisotopic (exact) mass is 388 g/mol. The van der Waals surface area contributed by atoms with E-state index in [0.717, 1.165) is 4.47 Å². The number of hydrogen-bond acceptors (Lipinski definition) is 5. The predicted molar refractivity (Wildman–Crippen MR) is 90.4 cm³/mol. The molecule has 0 unspecified atom stereocenters. The first-order chi connectivity index (χ1) is 11.6. The van der Waals surface area contributed by atoms with Gasteiger partial charge in [-0.2, -0.15) is 5.26 Å². The maximum Gasteiger partial charge on any atom is 0.344 e. The van der Waals surface area contributed by atoms with E-state index in [4.69, 9.17) is 14.7 Å². The number of carbonyl (C=O) groups excluding carboxylic acids is 2. The Morgan fingerprint density at radius 3 is 2.54 bits per heavy atom. The molecule has 1 amide bonds. The summed E-state index contributed by atoms with van der Waals surface area (Å²) in [6.45, 7) is -0.724. The fourth-order valence-electron chi connectivity index (χ4n) is 1.72. The largest absolute Gasteiger partial charge is 0.482 e. The molecule has 0 atom stereocenters. The molecule has 0 spiro atoms. The summed E-state index contributed by atoms with van der Waals surface area (Å²) >= 11 is 3.30. The van der Waals surface area contributed by atoms with Crippen LogP contribution in [0.25, 0.3) is 0 Å². The van der Waals surface area contributed by atoms with E-state index in [-0.39, 0.29) is 6.61 Å². The third-order valence-corrected chi connectivity index (χ3v) is 3.31. The summed E-state index contributed by atoms with van der Waals surface area (Å²) in [6, 6.07) is 15.3. The van der Waals surface area contributed by atoms with Gasteiger partial charge in [-0.05, 0) is 42.5 Å². The predicted octanol–water partition coefficient (Wildman–Crippen LogP) is 2.88. The van der Waals surface area contributed by atoms with Crippen molar-refractivity contribution in [3.05, 3.63) is 58.6 Å². The van der Waals surface area contributed by atoms with E-state index in [1.54, 1.807) is 42.5 Å². The van der Waals surface area contributed by atoms with E-state index in [1.165, 1.54) is 0 Å². The minimum atomic E-state index is -0.663. The standard InChI is InChI=1S/C17H13BrN2O4/c18-13-2-1-3-14(8-13)20-16(21)10-24-17(22)11-23-15-6-4-12(9-19)5-7-15/h1-8H,10-11H2,(H,20,21). The molecule has 0 fully saturated rings. The van der Waals surface area contributed by atoms with Crippen LogP contribution in [-0.2, 0) is 14.3 Å². The average Bonchev–Trinajstić information content (AvgIpc) is 2.58. The molecule has 24 heavy (non-hydrogen) atoms. The van der Waals surface area contributed by atoms with Crippen LogP contribution < -0.4 is 10.1 Å². The average molecular weight is 389 g/mol. The second-order valence-electron chi connectivity index (χ2n) is 4.64. The normalized spacial score (nSPS) is 9.67. The molecule has 0 saturated heterocycles. The molecular formula is C17H13BrN2O4. The van der Waals surface area contributed by atoms with E-state index in [9.17, 15) is 9.59 Å². The van der Waals surface area contributed by atoms with Gasteiger partial charge in [-0.15, -0.1) is 0 Å². The molecule has 0 radical (unpaired) electrons. The lowest BCUT2D eigenvalue weighted by atomic mass is 10.2. The van der Waals surface area contributed by atoms with E-state index < -0.39 is 18.5 Å². The van der Waals surface area contributed by atoms with Crippen LogP contribution in [0, 0.1) is 11.3 Å². The molecule has 0 saturated carbocycles. The van der Waals surface area contributed by atoms with Crippen LogP contribution in [0.3, 0.4) is 0 Å². The lowest BCUT2D eigenvalue weighted by Gasteiger charge is -2.08. The number of nitrogens with zero attached hydrogens (tertiary/aromatic N) is 1. The van der Waals surface area contributed by atoms with Gasteiger partial charge in [0.1, 0.15) is 5.75 Å². The van der Waals surface area contributed by atoms with Gasteiger partial charge in [0.05, 0.1) is 11.6 Å². The zero-order valence-electron chi connectivity index (χ0n) is 12.5. The van der Waals surface area contributed by atoms with Gasteiger partial charge in [-0.25, -0.2) is 4.79 Å². The third-order valence-electron chi connectivity index (χ3n) is 2.81. The molecule has 0 aliphatic rings. The van der Waals surface area contributed by atoms with Crippen molar-refractivity contribution in [2.24, 2.45) is 0 Å². The Morgan fingerprint density at radius 1 is 1.12 bits per heavy atom. The second-order valence-corrected chi connectivity index (χ2v) is 5.56. The van der Waals surface area contributed by atoms with Crippen LogP contribution in [0.2, 0.25) is 0 Å². The van der Waals surface area contributed by atoms with Gasteiger partial charge in [-0.1, -0.05) is 22.0 Å². The number of esters is 1. The minimum Gasteiger partial charge on any atom is -0.482 e. The Balaban J connectivity index is 1.72. The van der Waals surface area contributed by atoms with Gasteiger partial charge in [0, 0.05) is 10.2 Å². The Kier molecular flexibility index (Phi) is 6.34. The van der Waals surface area contributed by atoms with Crippen molar-refractivity contribution in [1.29, 1.82) is 5.26 Å². The fraction of sp³-hybridized carbons (Fsp3) is 0.118. The first-order valence-corrected chi connectivity index (χ1v) is 7.70. The zero-order valence-corrected chi connectivity index (χ0v) is 14.1. The highest BCUT2D eigenvalue weighted by Gasteiger charge is 2.09. The van der Waals surface area contributed by atoms with Gasteiger partial charge in [0.2, 0.25) is 0 Å². The van der Waals surface area contributed by atoms with Crippen LogP contribution >= 0.6 is 15.9 Å². The summed E-state index contributed by atoms with van der Waals surface area (Å²) in [5, 5.41) is 11.3. The molecule has 0 bridgehead atoms. The molecule has 122 valence electrons. The fourth-order valence-corrected chi connectivity index (χ4v) is 2.12. The SMILES string of the molecule is N#Cc1ccc(OCC(=O)OCC(=O)Nc2cccc(Br)c2)cc1. The molecule has 0 aliphatic heterocycles. The number of nitriles is 1. The van der Waals surface area contributed by atoms with Gasteiger partial charge in [0.15, 0.2) is 13.2 Å². The molecule has 7 heteroatoms. The van der Waals surface area contributed by atoms with Gasteiger partial charge in [-0.3, -0.25) is 4.79 Å². The van der Waals surface area contributed by atoms with E-state index in [2.05, 4.69) is 21.2 Å². The van der Waals surface area contributed by atoms with Crippen molar-refractivity contribution in [1.82, 2.24) is 0 Å². The Bertz CT molecular complexity index is 769. The number of anilines is 1. The molecule has 2 aromatic carbocycles. The molecule has 2 aromatic rings. The molecule has 2 rings (SSSR count). The summed E-state index contributed by atoms with van der Waals surface area (Å²) in [5.41, 5.74) is 1.09. The van der Waals surface area contributed by atoms with E-state index in [0.29, 0.717) is 17.0 Å². The Hall–Kier alpha value is -2.85. The molecular weight excluding hydrogens is 376 g/mol. The van der Waals surface area contributed by atoms with E-state index >= 15 is 0 Å². The smallest absolute Gasteiger partial charge is 0.344 e. The number of halogens is 1. The second kappa shape index (κ2) is 8.70. The molecule has 0 aliphatic carbocycles. The Labute approximate surface area is 147 Å². The highest BCUT2D eigenvalue weighted by atomic mass is 79.9. The number of ether oxygens (including phenoxy) is 2. The molecule has 0 heterocycles. The van der Waals surface area contributed by atoms with Crippen LogP contribution in [-0.4, -0.2) is 25.1 Å². The van der Waals surface area contributed by atoms with Crippen molar-refractivity contribution in [2.75, 3.05) is 18.5 Å². The summed E-state index contributed by atoms with van der Waals surface area (Å²) in [4.78, 5) is 23.3. The van der Waals surface area contributed by atoms with Crippen molar-refractivity contribution in [3.63, 3.8) is 0 Å². The highest BCUT2D eigenvalue weighted by Crippen LogP contribution is 2.15. The lowest BCUT2D eigenvalue weighted by molar-refractivity contribution is -0.149. The Morgan fingerprint density at radius 2 is 1.88 bits per heavy atom. The number of benzene rings is 2. The van der Waals surface area contributed by atoms with Crippen molar-refractivity contribution >= 4 is 33.5 Å². The number of amides is 1. The first kappa shape index (κ1) is 17.5. The number of rotatable bonds is 6. The molecule has 1 N–H and O–H groups in total. The van der Waals surface area contributed by atoms with Crippen LogP contribution in [0.15, 0.2) is 53.0 Å². The van der Waals surface area contributed by atoms with Crippen molar-refractivity contribution in [3.8, 4) is 11.8 Å². The van der Waals surface area contributed by atoms with Crippen molar-refractivity contribution in [2.45, 2.75) is 0 Å². The maximum absolute atomic E-state index is 11.7. The minimum absolute atomic E-state index is 0.323. The summed E-state index contributed by atoms with van der Waals surface area (Å²) in [7, 11) is 0. The van der Waals surface area contributed by atoms with Crippen LogP contribution in [0.5, 0.6) is 5.75 Å². The third kappa shape index (κ3) is 5.74.